The van der Waals surface area contributed by atoms with Gasteiger partial charge in [0, 0.05) is 39.1 Å². The molecule has 9 heteroatoms. The van der Waals surface area contributed by atoms with Crippen molar-refractivity contribution < 1.29 is 28.5 Å². The molecule has 2 N–H and O–H groups in total. The minimum atomic E-state index is -0.419. The van der Waals surface area contributed by atoms with Gasteiger partial charge in [-0.25, -0.2) is 4.79 Å². The SMILES string of the molecule is O=C(NCCCCCC(=O)N1CCOCCNCCOCCOCC1)OCc1ccccc1. The second kappa shape index (κ2) is 18.3. The van der Waals surface area contributed by atoms with Crippen LogP contribution in [0.2, 0.25) is 0 Å². The third kappa shape index (κ3) is 13.8. The van der Waals surface area contributed by atoms with Gasteiger partial charge in [-0.3, -0.25) is 4.79 Å². The van der Waals surface area contributed by atoms with E-state index in [1.165, 1.54) is 0 Å². The van der Waals surface area contributed by atoms with Crippen molar-refractivity contribution in [1.29, 1.82) is 0 Å². The molecule has 33 heavy (non-hydrogen) atoms. The van der Waals surface area contributed by atoms with E-state index in [1.54, 1.807) is 0 Å². The maximum Gasteiger partial charge on any atom is 0.407 e. The molecule has 0 unspecified atom stereocenters. The summed E-state index contributed by atoms with van der Waals surface area (Å²) in [4.78, 5) is 26.2. The van der Waals surface area contributed by atoms with Gasteiger partial charge in [-0.15, -0.1) is 0 Å². The molecular formula is C24H39N3O6. The first-order valence-electron chi connectivity index (χ1n) is 11.9. The summed E-state index contributed by atoms with van der Waals surface area (Å²) in [5.41, 5.74) is 0.954. The number of hydrogen-bond acceptors (Lipinski definition) is 7. The van der Waals surface area contributed by atoms with Gasteiger partial charge in [-0.05, 0) is 18.4 Å². The molecule has 1 fully saturated rings. The second-order valence-corrected chi connectivity index (χ2v) is 7.77. The first-order valence-corrected chi connectivity index (χ1v) is 11.9. The molecule has 1 heterocycles. The lowest BCUT2D eigenvalue weighted by molar-refractivity contribution is -0.133. The Labute approximate surface area is 197 Å². The van der Waals surface area contributed by atoms with Gasteiger partial charge in [0.1, 0.15) is 6.61 Å². The van der Waals surface area contributed by atoms with Crippen LogP contribution in [0.25, 0.3) is 0 Å². The van der Waals surface area contributed by atoms with E-state index < -0.39 is 6.09 Å². The van der Waals surface area contributed by atoms with E-state index in [0.29, 0.717) is 65.7 Å². The molecule has 1 aromatic rings. The van der Waals surface area contributed by atoms with Gasteiger partial charge in [0.05, 0.1) is 39.6 Å². The van der Waals surface area contributed by atoms with Crippen LogP contribution in [0.5, 0.6) is 0 Å². The zero-order valence-electron chi connectivity index (χ0n) is 19.6. The lowest BCUT2D eigenvalue weighted by Gasteiger charge is -2.23. The van der Waals surface area contributed by atoms with Crippen molar-refractivity contribution in [2.75, 3.05) is 72.4 Å². The number of hydrogen-bond donors (Lipinski definition) is 2. The summed E-state index contributed by atoms with van der Waals surface area (Å²) < 4.78 is 21.9. The minimum absolute atomic E-state index is 0.108. The number of carbonyl (C=O) groups excluding carboxylic acids is 2. The Hall–Kier alpha value is -2.20. The number of nitrogens with one attached hydrogen (secondary N) is 2. The Morgan fingerprint density at radius 1 is 0.879 bits per heavy atom. The molecule has 1 saturated heterocycles. The van der Waals surface area contributed by atoms with Crippen LogP contribution in [0.3, 0.4) is 0 Å². The monoisotopic (exact) mass is 465 g/mol. The van der Waals surface area contributed by atoms with Crippen molar-refractivity contribution in [3.8, 4) is 0 Å². The van der Waals surface area contributed by atoms with Crippen LogP contribution < -0.4 is 10.6 Å². The molecule has 0 spiro atoms. The highest BCUT2D eigenvalue weighted by atomic mass is 16.5. The summed E-state index contributed by atoms with van der Waals surface area (Å²) in [6.45, 7) is 6.80. The predicted octanol–water partition coefficient (Wildman–Crippen LogP) is 1.95. The highest BCUT2D eigenvalue weighted by Gasteiger charge is 2.13. The fourth-order valence-corrected chi connectivity index (χ4v) is 3.25. The normalized spacial score (nSPS) is 16.9. The van der Waals surface area contributed by atoms with E-state index in [1.807, 2.05) is 35.2 Å². The topological polar surface area (TPSA) is 98.4 Å². The third-order valence-electron chi connectivity index (χ3n) is 5.13. The number of alkyl carbamates (subject to hydrolysis) is 1. The van der Waals surface area contributed by atoms with Crippen molar-refractivity contribution >= 4 is 12.0 Å². The Morgan fingerprint density at radius 2 is 1.55 bits per heavy atom. The standard InChI is InChI=1S/C24H39N3O6/c28-23(27-13-17-30-15-11-25-12-16-31-19-20-32-18-14-27)9-5-2-6-10-26-24(29)33-21-22-7-3-1-4-8-22/h1,3-4,7-8,25H,2,5-6,9-21H2,(H,26,29). The van der Waals surface area contributed by atoms with Crippen LogP contribution in [0, 0.1) is 0 Å². The van der Waals surface area contributed by atoms with Gasteiger partial charge in [-0.2, -0.15) is 0 Å². The summed E-state index contributed by atoms with van der Waals surface area (Å²) in [5, 5.41) is 6.00. The quantitative estimate of drug-likeness (QED) is 0.566. The summed E-state index contributed by atoms with van der Waals surface area (Å²) in [6, 6.07) is 9.57. The van der Waals surface area contributed by atoms with Crippen molar-refractivity contribution in [2.45, 2.75) is 32.3 Å². The fourth-order valence-electron chi connectivity index (χ4n) is 3.25. The van der Waals surface area contributed by atoms with Crippen LogP contribution in [0.4, 0.5) is 4.79 Å². The molecule has 0 radical (unpaired) electrons. The number of unbranched alkanes of at least 4 members (excludes halogenated alkanes) is 2. The minimum Gasteiger partial charge on any atom is -0.445 e. The average Bonchev–Trinajstić information content (AvgIpc) is 2.85. The summed E-state index contributed by atoms with van der Waals surface area (Å²) in [5.74, 6) is 0.108. The lowest BCUT2D eigenvalue weighted by Crippen LogP contribution is -2.37. The molecule has 1 aromatic carbocycles. The third-order valence-corrected chi connectivity index (χ3v) is 5.13. The van der Waals surface area contributed by atoms with Crippen LogP contribution in [-0.2, 0) is 30.3 Å². The van der Waals surface area contributed by atoms with Crippen LogP contribution >= 0.6 is 0 Å². The highest BCUT2D eigenvalue weighted by Crippen LogP contribution is 2.05. The van der Waals surface area contributed by atoms with Gasteiger partial charge in [0.15, 0.2) is 0 Å². The van der Waals surface area contributed by atoms with Crippen LogP contribution in [0.15, 0.2) is 30.3 Å². The number of rotatable bonds is 8. The largest absolute Gasteiger partial charge is 0.445 e. The van der Waals surface area contributed by atoms with E-state index in [-0.39, 0.29) is 12.5 Å². The van der Waals surface area contributed by atoms with Crippen molar-refractivity contribution in [2.24, 2.45) is 0 Å². The van der Waals surface area contributed by atoms with Crippen molar-refractivity contribution in [3.63, 3.8) is 0 Å². The van der Waals surface area contributed by atoms with Gasteiger partial charge < -0.3 is 34.5 Å². The van der Waals surface area contributed by atoms with Crippen LogP contribution in [0.1, 0.15) is 31.2 Å². The van der Waals surface area contributed by atoms with Gasteiger partial charge >= 0.3 is 6.09 Å². The van der Waals surface area contributed by atoms with E-state index >= 15 is 0 Å². The molecule has 1 aliphatic rings. The Kier molecular flexibility index (Phi) is 15.0. The molecule has 1 aliphatic heterocycles. The molecule has 0 aromatic heterocycles. The molecule has 0 bridgehead atoms. The molecule has 2 rings (SSSR count). The maximum absolute atomic E-state index is 12.6. The first-order chi connectivity index (χ1) is 16.3. The smallest absolute Gasteiger partial charge is 0.407 e. The Morgan fingerprint density at radius 3 is 2.27 bits per heavy atom. The second-order valence-electron chi connectivity index (χ2n) is 7.77. The Balaban J connectivity index is 1.56. The number of ether oxygens (including phenoxy) is 4. The van der Waals surface area contributed by atoms with E-state index in [2.05, 4.69) is 10.6 Å². The van der Waals surface area contributed by atoms with E-state index in [9.17, 15) is 9.59 Å². The lowest BCUT2D eigenvalue weighted by atomic mass is 10.2. The average molecular weight is 466 g/mol. The predicted molar refractivity (Wildman–Crippen MR) is 125 cm³/mol. The number of benzene rings is 1. The molecular weight excluding hydrogens is 426 g/mol. The summed E-state index contributed by atoms with van der Waals surface area (Å²) in [7, 11) is 0. The molecule has 186 valence electrons. The van der Waals surface area contributed by atoms with Gasteiger partial charge in [0.25, 0.3) is 0 Å². The van der Waals surface area contributed by atoms with Gasteiger partial charge in [-0.1, -0.05) is 36.8 Å². The van der Waals surface area contributed by atoms with E-state index in [4.69, 9.17) is 18.9 Å². The highest BCUT2D eigenvalue weighted by molar-refractivity contribution is 5.76. The number of amides is 2. The Bertz CT molecular complexity index is 630. The first kappa shape index (κ1) is 27.0. The van der Waals surface area contributed by atoms with Crippen LogP contribution in [-0.4, -0.2) is 89.3 Å². The molecule has 0 aliphatic carbocycles. The fraction of sp³-hybridized carbons (Fsp3) is 0.667. The van der Waals surface area contributed by atoms with E-state index in [0.717, 1.165) is 37.9 Å². The number of carbonyl (C=O) groups is 2. The molecule has 0 saturated carbocycles. The zero-order chi connectivity index (χ0) is 23.4. The van der Waals surface area contributed by atoms with Gasteiger partial charge in [0.2, 0.25) is 5.91 Å². The molecule has 2 amide bonds. The zero-order valence-corrected chi connectivity index (χ0v) is 19.6. The molecule has 9 nitrogen and oxygen atoms in total. The number of nitrogens with zero attached hydrogens (tertiary/aromatic N) is 1. The summed E-state index contributed by atoms with van der Waals surface area (Å²) >= 11 is 0. The maximum atomic E-state index is 12.6. The van der Waals surface area contributed by atoms with Crippen molar-refractivity contribution in [1.82, 2.24) is 15.5 Å². The molecule has 0 atom stereocenters. The van der Waals surface area contributed by atoms with Crippen molar-refractivity contribution in [3.05, 3.63) is 35.9 Å². The summed E-state index contributed by atoms with van der Waals surface area (Å²) in [6.07, 6.45) is 2.48.